The molecule has 1 rings (SSSR count). The van der Waals surface area contributed by atoms with Gasteiger partial charge >= 0.3 is 5.97 Å². The first-order chi connectivity index (χ1) is 7.65. The van der Waals surface area contributed by atoms with E-state index in [1.807, 2.05) is 0 Å². The highest BCUT2D eigenvalue weighted by atomic mass is 79.9. The van der Waals surface area contributed by atoms with E-state index in [2.05, 4.69) is 15.9 Å². The van der Waals surface area contributed by atoms with Gasteiger partial charge in [0.2, 0.25) is 0 Å². The minimum absolute atomic E-state index is 0.252. The van der Waals surface area contributed by atoms with Crippen LogP contribution in [0.25, 0.3) is 0 Å². The molecule has 5 nitrogen and oxygen atoms in total. The molecule has 0 fully saturated rings. The van der Waals surface area contributed by atoms with Crippen molar-refractivity contribution in [3.05, 3.63) is 22.4 Å². The second-order valence-electron chi connectivity index (χ2n) is 3.15. The average molecular weight is 292 g/mol. The number of carboxylic acids is 1. The number of hydrogen-bond donors (Lipinski definition) is 1. The third kappa shape index (κ3) is 3.96. The van der Waals surface area contributed by atoms with Crippen molar-refractivity contribution in [1.29, 1.82) is 0 Å². The monoisotopic (exact) mass is 291 g/mol. The summed E-state index contributed by atoms with van der Waals surface area (Å²) < 4.78 is 12.5. The summed E-state index contributed by atoms with van der Waals surface area (Å²) in [6.07, 6.45) is 1.73. The number of aromatic carboxylic acids is 1. The normalized spacial score (nSPS) is 10.6. The van der Waals surface area contributed by atoms with E-state index in [1.165, 1.54) is 0 Å². The van der Waals surface area contributed by atoms with Gasteiger partial charge in [-0.15, -0.1) is 0 Å². The minimum Gasteiger partial charge on any atom is -0.477 e. The van der Waals surface area contributed by atoms with Crippen LogP contribution in [-0.4, -0.2) is 42.6 Å². The maximum Gasteiger partial charge on any atom is 0.352 e. The Labute approximate surface area is 102 Å². The zero-order valence-electron chi connectivity index (χ0n) is 8.98. The largest absolute Gasteiger partial charge is 0.477 e. The standard InChI is InChI=1S/C10H14BrNO4/c1-15-4-5-16-3-2-12-7-8(11)6-9(12)10(13)14/h6-7H,2-5H2,1H3,(H,13,14). The van der Waals surface area contributed by atoms with E-state index < -0.39 is 5.97 Å². The van der Waals surface area contributed by atoms with Gasteiger partial charge in [-0.2, -0.15) is 0 Å². The predicted molar refractivity (Wildman–Crippen MR) is 61.8 cm³/mol. The smallest absolute Gasteiger partial charge is 0.352 e. The molecule has 0 radical (unpaired) electrons. The minimum atomic E-state index is -0.942. The summed E-state index contributed by atoms with van der Waals surface area (Å²) in [5.74, 6) is -0.942. The summed E-state index contributed by atoms with van der Waals surface area (Å²) in [4.78, 5) is 10.9. The van der Waals surface area contributed by atoms with Crippen LogP contribution in [0.1, 0.15) is 10.5 Å². The van der Waals surface area contributed by atoms with Crippen LogP contribution in [-0.2, 0) is 16.0 Å². The van der Waals surface area contributed by atoms with Gasteiger partial charge in [0.25, 0.3) is 0 Å². The lowest BCUT2D eigenvalue weighted by Crippen LogP contribution is -2.13. The molecular formula is C10H14BrNO4. The molecule has 90 valence electrons. The van der Waals surface area contributed by atoms with E-state index >= 15 is 0 Å². The molecule has 0 aliphatic rings. The molecular weight excluding hydrogens is 278 g/mol. The molecule has 0 saturated heterocycles. The topological polar surface area (TPSA) is 60.7 Å². The number of hydrogen-bond acceptors (Lipinski definition) is 3. The molecule has 0 aliphatic heterocycles. The van der Waals surface area contributed by atoms with E-state index in [0.717, 1.165) is 4.47 Å². The molecule has 1 aromatic heterocycles. The summed E-state index contributed by atoms with van der Waals surface area (Å²) in [5, 5.41) is 8.92. The summed E-state index contributed by atoms with van der Waals surface area (Å²) in [5.41, 5.74) is 0.252. The van der Waals surface area contributed by atoms with Crippen LogP contribution in [0.3, 0.4) is 0 Å². The Balaban J connectivity index is 2.44. The average Bonchev–Trinajstić information content (AvgIpc) is 2.59. The van der Waals surface area contributed by atoms with Gasteiger partial charge in [0.05, 0.1) is 19.8 Å². The Bertz CT molecular complexity index is 351. The second-order valence-corrected chi connectivity index (χ2v) is 4.06. The van der Waals surface area contributed by atoms with Gasteiger partial charge in [-0.3, -0.25) is 0 Å². The van der Waals surface area contributed by atoms with Crippen LogP contribution in [0, 0.1) is 0 Å². The highest BCUT2D eigenvalue weighted by Gasteiger charge is 2.10. The van der Waals surface area contributed by atoms with E-state index in [-0.39, 0.29) is 5.69 Å². The third-order valence-corrected chi connectivity index (χ3v) is 2.42. The van der Waals surface area contributed by atoms with Crippen molar-refractivity contribution in [3.63, 3.8) is 0 Å². The summed E-state index contributed by atoms with van der Waals surface area (Å²) >= 11 is 3.24. The lowest BCUT2D eigenvalue weighted by molar-refractivity contribution is 0.0629. The van der Waals surface area contributed by atoms with Crippen LogP contribution in [0.5, 0.6) is 0 Å². The lowest BCUT2D eigenvalue weighted by Gasteiger charge is -2.06. The van der Waals surface area contributed by atoms with E-state index in [9.17, 15) is 4.79 Å². The van der Waals surface area contributed by atoms with Crippen molar-refractivity contribution < 1.29 is 19.4 Å². The predicted octanol–water partition coefficient (Wildman–Crippen LogP) is 1.61. The highest BCUT2D eigenvalue weighted by Crippen LogP contribution is 2.14. The molecule has 0 saturated carbocycles. The molecule has 0 bridgehead atoms. The highest BCUT2D eigenvalue weighted by molar-refractivity contribution is 9.10. The quantitative estimate of drug-likeness (QED) is 0.776. The molecule has 1 heterocycles. The van der Waals surface area contributed by atoms with Crippen molar-refractivity contribution in [2.45, 2.75) is 6.54 Å². The molecule has 0 atom stereocenters. The zero-order chi connectivity index (χ0) is 12.0. The van der Waals surface area contributed by atoms with Crippen LogP contribution >= 0.6 is 15.9 Å². The van der Waals surface area contributed by atoms with Gasteiger partial charge in [-0.25, -0.2) is 4.79 Å². The van der Waals surface area contributed by atoms with Crippen molar-refractivity contribution in [2.24, 2.45) is 0 Å². The number of carboxylic acid groups (broad SMARTS) is 1. The van der Waals surface area contributed by atoms with Crippen molar-refractivity contribution in [1.82, 2.24) is 4.57 Å². The van der Waals surface area contributed by atoms with Crippen molar-refractivity contribution >= 4 is 21.9 Å². The number of halogens is 1. The zero-order valence-corrected chi connectivity index (χ0v) is 10.6. The molecule has 1 N–H and O–H groups in total. The summed E-state index contributed by atoms with van der Waals surface area (Å²) in [6, 6.07) is 1.57. The van der Waals surface area contributed by atoms with Crippen LogP contribution in [0.4, 0.5) is 0 Å². The van der Waals surface area contributed by atoms with Crippen molar-refractivity contribution in [3.8, 4) is 0 Å². The lowest BCUT2D eigenvalue weighted by atomic mass is 10.4. The number of methoxy groups -OCH3 is 1. The molecule has 1 aromatic rings. The second kappa shape index (κ2) is 6.67. The fourth-order valence-electron chi connectivity index (χ4n) is 1.25. The Morgan fingerprint density at radius 3 is 2.88 bits per heavy atom. The number of aromatic nitrogens is 1. The third-order valence-electron chi connectivity index (χ3n) is 1.99. The maximum atomic E-state index is 10.9. The summed E-state index contributed by atoms with van der Waals surface area (Å²) in [7, 11) is 1.61. The fraction of sp³-hybridized carbons (Fsp3) is 0.500. The fourth-order valence-corrected chi connectivity index (χ4v) is 1.71. The van der Waals surface area contributed by atoms with Crippen molar-refractivity contribution in [2.75, 3.05) is 26.9 Å². The van der Waals surface area contributed by atoms with Gasteiger partial charge in [-0.05, 0) is 22.0 Å². The van der Waals surface area contributed by atoms with Gasteiger partial charge in [-0.1, -0.05) is 0 Å². The Morgan fingerprint density at radius 2 is 2.25 bits per heavy atom. The summed E-state index contributed by atoms with van der Waals surface area (Å²) in [6.45, 7) is 2.03. The van der Waals surface area contributed by atoms with E-state index in [0.29, 0.717) is 26.4 Å². The van der Waals surface area contributed by atoms with Crippen LogP contribution in [0.15, 0.2) is 16.7 Å². The number of nitrogens with zero attached hydrogens (tertiary/aromatic N) is 1. The Morgan fingerprint density at radius 1 is 1.50 bits per heavy atom. The van der Waals surface area contributed by atoms with Gasteiger partial charge < -0.3 is 19.1 Å². The first-order valence-electron chi connectivity index (χ1n) is 4.81. The molecule has 0 amide bonds. The SMILES string of the molecule is COCCOCCn1cc(Br)cc1C(=O)O. The number of ether oxygens (including phenoxy) is 2. The molecule has 0 unspecified atom stereocenters. The van der Waals surface area contributed by atoms with Gasteiger partial charge in [0.15, 0.2) is 0 Å². The van der Waals surface area contributed by atoms with E-state index in [4.69, 9.17) is 14.6 Å². The maximum absolute atomic E-state index is 10.9. The van der Waals surface area contributed by atoms with Crippen LogP contribution in [0.2, 0.25) is 0 Å². The number of rotatable bonds is 7. The van der Waals surface area contributed by atoms with E-state index in [1.54, 1.807) is 23.9 Å². The van der Waals surface area contributed by atoms with Gasteiger partial charge in [0, 0.05) is 24.3 Å². The molecule has 0 aliphatic carbocycles. The molecule has 0 aromatic carbocycles. The van der Waals surface area contributed by atoms with Crippen LogP contribution < -0.4 is 0 Å². The molecule has 6 heteroatoms. The molecule has 0 spiro atoms. The first kappa shape index (κ1) is 13.2. The molecule has 16 heavy (non-hydrogen) atoms. The van der Waals surface area contributed by atoms with Gasteiger partial charge in [0.1, 0.15) is 5.69 Å². The Hall–Kier alpha value is -0.850. The number of carbonyl (C=O) groups is 1. The Kier molecular flexibility index (Phi) is 5.51. The first-order valence-corrected chi connectivity index (χ1v) is 5.60.